The van der Waals surface area contributed by atoms with Crippen LogP contribution in [0.4, 0.5) is 8.78 Å². The highest BCUT2D eigenvalue weighted by atomic mass is 19.2. The summed E-state index contributed by atoms with van der Waals surface area (Å²) >= 11 is 0. The Labute approximate surface area is 125 Å². The molecule has 1 nitrogen and oxygen atoms in total. The molecular weight excluding hydrogens is 268 g/mol. The fourth-order valence-electron chi connectivity index (χ4n) is 2.31. The summed E-state index contributed by atoms with van der Waals surface area (Å²) in [6, 6.07) is 9.49. The summed E-state index contributed by atoms with van der Waals surface area (Å²) in [5, 5.41) is 3.34. The molecule has 112 valence electrons. The van der Waals surface area contributed by atoms with Crippen LogP contribution in [0.5, 0.6) is 0 Å². The molecule has 0 saturated heterocycles. The van der Waals surface area contributed by atoms with Crippen molar-refractivity contribution < 1.29 is 8.78 Å². The minimum Gasteiger partial charge on any atom is -0.310 e. The monoisotopic (exact) mass is 289 g/mol. The van der Waals surface area contributed by atoms with Crippen molar-refractivity contribution in [3.8, 4) is 11.1 Å². The number of hydrogen-bond acceptors (Lipinski definition) is 1. The molecule has 0 unspecified atom stereocenters. The molecule has 0 aliphatic carbocycles. The Morgan fingerprint density at radius 1 is 0.905 bits per heavy atom. The number of hydrogen-bond donors (Lipinski definition) is 1. The predicted octanol–water partition coefficient (Wildman–Crippen LogP) is 4.75. The van der Waals surface area contributed by atoms with Gasteiger partial charge in [0, 0.05) is 18.2 Å². The molecule has 2 rings (SSSR count). The summed E-state index contributed by atoms with van der Waals surface area (Å²) in [4.78, 5) is 0. The fraction of sp³-hybridized carbons (Fsp3) is 0.333. The highest BCUT2D eigenvalue weighted by molar-refractivity contribution is 5.68. The summed E-state index contributed by atoms with van der Waals surface area (Å²) in [7, 11) is 0. The van der Waals surface area contributed by atoms with E-state index in [0.29, 0.717) is 17.2 Å². The maximum Gasteiger partial charge on any atom is 0.166 e. The molecule has 2 aromatic rings. The molecule has 0 aliphatic heterocycles. The highest BCUT2D eigenvalue weighted by Gasteiger charge is 2.14. The zero-order valence-electron chi connectivity index (χ0n) is 12.9. The van der Waals surface area contributed by atoms with Crippen LogP contribution in [0.2, 0.25) is 0 Å². The third-order valence-corrected chi connectivity index (χ3v) is 3.57. The maximum atomic E-state index is 14.1. The molecule has 0 bridgehead atoms. The molecular formula is C18H21F2N. The summed E-state index contributed by atoms with van der Waals surface area (Å²) in [5.74, 6) is -1.54. The molecule has 0 aromatic heterocycles. The van der Waals surface area contributed by atoms with Crippen LogP contribution >= 0.6 is 0 Å². The van der Waals surface area contributed by atoms with Crippen LogP contribution in [0.25, 0.3) is 11.1 Å². The fourth-order valence-corrected chi connectivity index (χ4v) is 2.31. The molecule has 0 fully saturated rings. The Kier molecular flexibility index (Phi) is 4.73. The second-order valence-corrected chi connectivity index (χ2v) is 5.74. The van der Waals surface area contributed by atoms with Gasteiger partial charge in [-0.05, 0) is 36.1 Å². The van der Waals surface area contributed by atoms with E-state index in [0.717, 1.165) is 23.2 Å². The number of halogens is 2. The first-order valence-corrected chi connectivity index (χ1v) is 7.18. The molecule has 0 saturated carbocycles. The Morgan fingerprint density at radius 2 is 1.57 bits per heavy atom. The molecule has 0 amide bonds. The van der Waals surface area contributed by atoms with Gasteiger partial charge in [0.1, 0.15) is 0 Å². The molecule has 0 atom stereocenters. The van der Waals surface area contributed by atoms with Crippen LogP contribution in [0.3, 0.4) is 0 Å². The van der Waals surface area contributed by atoms with Crippen LogP contribution in [-0.4, -0.2) is 6.04 Å². The van der Waals surface area contributed by atoms with Crippen molar-refractivity contribution in [2.75, 3.05) is 0 Å². The molecule has 1 N–H and O–H groups in total. The van der Waals surface area contributed by atoms with Crippen molar-refractivity contribution in [3.05, 3.63) is 58.7 Å². The lowest BCUT2D eigenvalue weighted by atomic mass is 9.97. The molecule has 3 heteroatoms. The summed E-state index contributed by atoms with van der Waals surface area (Å²) in [5.41, 5.74) is 3.46. The third-order valence-electron chi connectivity index (χ3n) is 3.57. The Hall–Kier alpha value is -1.74. The van der Waals surface area contributed by atoms with Gasteiger partial charge in [0.25, 0.3) is 0 Å². The van der Waals surface area contributed by atoms with Crippen molar-refractivity contribution in [2.24, 2.45) is 0 Å². The quantitative estimate of drug-likeness (QED) is 0.856. The van der Waals surface area contributed by atoms with E-state index in [1.165, 1.54) is 0 Å². The van der Waals surface area contributed by atoms with Crippen molar-refractivity contribution in [1.29, 1.82) is 0 Å². The predicted molar refractivity (Wildman–Crippen MR) is 83.2 cm³/mol. The van der Waals surface area contributed by atoms with Crippen molar-refractivity contribution >= 4 is 0 Å². The number of nitrogens with one attached hydrogen (secondary N) is 1. The van der Waals surface area contributed by atoms with Gasteiger partial charge in [0.2, 0.25) is 0 Å². The lowest BCUT2D eigenvalue weighted by Gasteiger charge is -2.12. The lowest BCUT2D eigenvalue weighted by molar-refractivity contribution is 0.505. The first-order valence-electron chi connectivity index (χ1n) is 7.18. The standard InChI is InChI=1S/C18H21F2N/c1-11(2)21-10-14-6-8-15(13(4)9-14)16-7-5-12(3)17(19)18(16)20/h5-9,11,21H,10H2,1-4H3. The van der Waals surface area contributed by atoms with E-state index in [-0.39, 0.29) is 0 Å². The second-order valence-electron chi connectivity index (χ2n) is 5.74. The van der Waals surface area contributed by atoms with Gasteiger partial charge in [-0.3, -0.25) is 0 Å². The molecule has 21 heavy (non-hydrogen) atoms. The number of aryl methyl sites for hydroxylation is 2. The average molecular weight is 289 g/mol. The van der Waals surface area contributed by atoms with Crippen LogP contribution in [0, 0.1) is 25.5 Å². The SMILES string of the molecule is Cc1cc(CNC(C)C)ccc1-c1ccc(C)c(F)c1F. The van der Waals surface area contributed by atoms with Crippen LogP contribution in [0.15, 0.2) is 30.3 Å². The van der Waals surface area contributed by atoms with E-state index in [2.05, 4.69) is 19.2 Å². The zero-order chi connectivity index (χ0) is 15.6. The molecule has 0 radical (unpaired) electrons. The van der Waals surface area contributed by atoms with Crippen molar-refractivity contribution in [1.82, 2.24) is 5.32 Å². The van der Waals surface area contributed by atoms with Gasteiger partial charge in [-0.1, -0.05) is 44.2 Å². The topological polar surface area (TPSA) is 12.0 Å². The van der Waals surface area contributed by atoms with E-state index >= 15 is 0 Å². The number of benzene rings is 2. The Bertz CT molecular complexity index is 648. The smallest absolute Gasteiger partial charge is 0.166 e. The van der Waals surface area contributed by atoms with Gasteiger partial charge in [0.15, 0.2) is 11.6 Å². The lowest BCUT2D eigenvalue weighted by Crippen LogP contribution is -2.21. The number of rotatable bonds is 4. The van der Waals surface area contributed by atoms with Gasteiger partial charge < -0.3 is 5.32 Å². The normalized spacial score (nSPS) is 11.2. The van der Waals surface area contributed by atoms with Crippen LogP contribution < -0.4 is 5.32 Å². The third kappa shape index (κ3) is 3.48. The minimum absolute atomic E-state index is 0.318. The van der Waals surface area contributed by atoms with Crippen LogP contribution in [0.1, 0.15) is 30.5 Å². The molecule has 0 spiro atoms. The van der Waals surface area contributed by atoms with Gasteiger partial charge in [-0.25, -0.2) is 8.78 Å². The summed E-state index contributed by atoms with van der Waals surface area (Å²) in [6.45, 7) is 8.43. The van der Waals surface area contributed by atoms with E-state index < -0.39 is 11.6 Å². The van der Waals surface area contributed by atoms with E-state index in [4.69, 9.17) is 0 Å². The summed E-state index contributed by atoms with van der Waals surface area (Å²) < 4.78 is 27.8. The van der Waals surface area contributed by atoms with E-state index in [1.54, 1.807) is 19.1 Å². The van der Waals surface area contributed by atoms with Crippen molar-refractivity contribution in [2.45, 2.75) is 40.3 Å². The highest BCUT2D eigenvalue weighted by Crippen LogP contribution is 2.29. The maximum absolute atomic E-state index is 14.1. The minimum atomic E-state index is -0.772. The molecule has 0 heterocycles. The van der Waals surface area contributed by atoms with E-state index in [1.807, 2.05) is 25.1 Å². The van der Waals surface area contributed by atoms with Gasteiger partial charge in [-0.15, -0.1) is 0 Å². The largest absolute Gasteiger partial charge is 0.310 e. The second kappa shape index (κ2) is 6.35. The van der Waals surface area contributed by atoms with Gasteiger partial charge in [0.05, 0.1) is 0 Å². The Balaban J connectivity index is 2.35. The van der Waals surface area contributed by atoms with Gasteiger partial charge in [-0.2, -0.15) is 0 Å². The van der Waals surface area contributed by atoms with E-state index in [9.17, 15) is 8.78 Å². The van der Waals surface area contributed by atoms with Gasteiger partial charge >= 0.3 is 0 Å². The van der Waals surface area contributed by atoms with Crippen molar-refractivity contribution in [3.63, 3.8) is 0 Å². The first kappa shape index (κ1) is 15.6. The first-order chi connectivity index (χ1) is 9.90. The Morgan fingerprint density at radius 3 is 2.19 bits per heavy atom. The van der Waals surface area contributed by atoms with Crippen LogP contribution in [-0.2, 0) is 6.54 Å². The molecule has 0 aliphatic rings. The zero-order valence-corrected chi connectivity index (χ0v) is 12.9. The summed E-state index contributed by atoms with van der Waals surface area (Å²) in [6.07, 6.45) is 0. The molecule has 2 aromatic carbocycles. The average Bonchev–Trinajstić information content (AvgIpc) is 2.44.